The molecule has 0 N–H and O–H groups in total. The van der Waals surface area contributed by atoms with E-state index in [1.54, 1.807) is 6.07 Å². The van der Waals surface area contributed by atoms with Crippen LogP contribution in [0.4, 0.5) is 0 Å². The maximum absolute atomic E-state index is 11.5. The molecule has 0 amide bonds. The van der Waals surface area contributed by atoms with E-state index in [0.717, 1.165) is 104 Å². The first kappa shape index (κ1) is 37.7. The summed E-state index contributed by atoms with van der Waals surface area (Å²) in [6, 6.07) is 78.8. The highest BCUT2D eigenvalue weighted by Gasteiger charge is 2.33. The summed E-state index contributed by atoms with van der Waals surface area (Å²) in [4.78, 5) is 6.22. The third kappa shape index (κ3) is 5.07. The molecule has 0 saturated carbocycles. The van der Waals surface area contributed by atoms with Crippen molar-refractivity contribution in [3.8, 4) is 46.3 Å². The average Bonchev–Trinajstić information content (AvgIpc) is 4.13. The molecule has 0 radical (unpaired) electrons. The third-order valence-electron chi connectivity index (χ3n) is 13.9. The maximum Gasteiger partial charge on any atom is 0.165 e. The lowest BCUT2D eigenvalue weighted by molar-refractivity contribution is 0.961. The zero-order valence-corrected chi connectivity index (χ0v) is 36.3. The molecule has 14 aromatic rings. The number of benzene rings is 9. The minimum absolute atomic E-state index is 0.284. The lowest BCUT2D eigenvalue weighted by atomic mass is 9.93. The van der Waals surface area contributed by atoms with Gasteiger partial charge in [-0.25, -0.2) is 4.98 Å². The Morgan fingerprint density at radius 1 is 0.294 bits per heavy atom. The minimum atomic E-state index is 0.284. The molecule has 9 aromatic carbocycles. The normalized spacial score (nSPS) is 11.8. The van der Waals surface area contributed by atoms with Gasteiger partial charge in [0.1, 0.15) is 23.5 Å². The Labute approximate surface area is 389 Å². The van der Waals surface area contributed by atoms with Gasteiger partial charge in [-0.1, -0.05) is 158 Å². The van der Waals surface area contributed by atoms with Crippen LogP contribution in [0.25, 0.3) is 121 Å². The molecule has 0 aliphatic heterocycles. The Morgan fingerprint density at radius 3 is 0.853 bits per heavy atom. The van der Waals surface area contributed by atoms with Gasteiger partial charge in [-0.3, -0.25) is 9.13 Å². The van der Waals surface area contributed by atoms with Crippen LogP contribution in [0.2, 0.25) is 0 Å². The monoisotopic (exact) mass is 865 g/mol. The summed E-state index contributed by atoms with van der Waals surface area (Å²) >= 11 is 0. The number of para-hydroxylation sites is 8. The van der Waals surface area contributed by atoms with Crippen LogP contribution in [0.15, 0.2) is 212 Å². The largest absolute Gasteiger partial charge is 0.305 e. The van der Waals surface area contributed by atoms with Gasteiger partial charge in [0.05, 0.1) is 55.3 Å². The fraction of sp³-hybridized carbons (Fsp3) is 0. The fourth-order valence-corrected chi connectivity index (χ4v) is 11.1. The van der Waals surface area contributed by atoms with Crippen molar-refractivity contribution in [2.75, 3.05) is 0 Å². The van der Waals surface area contributed by atoms with Crippen molar-refractivity contribution in [1.29, 1.82) is 10.5 Å². The average molecular weight is 866 g/mol. The SMILES string of the molecule is N#Cc1cccc(-c2c(-n3c4ccccc4c4ccccc43)c(-n3c4ccccc4c4ccccc43)nc(-n3c4ccccc4c4ccccc43)c2-n2c3ccccc3c3ccccc32)c1C#N. The highest BCUT2D eigenvalue weighted by molar-refractivity contribution is 6.16. The molecule has 0 aliphatic rings. The molecule has 0 saturated heterocycles. The second kappa shape index (κ2) is 14.4. The van der Waals surface area contributed by atoms with Crippen LogP contribution in [-0.4, -0.2) is 23.3 Å². The van der Waals surface area contributed by atoms with Crippen molar-refractivity contribution < 1.29 is 0 Å². The van der Waals surface area contributed by atoms with Gasteiger partial charge in [0, 0.05) is 54.2 Å². The first-order valence-electron chi connectivity index (χ1n) is 22.7. The molecule has 0 unspecified atom stereocenters. The molecule has 68 heavy (non-hydrogen) atoms. The predicted molar refractivity (Wildman–Crippen MR) is 276 cm³/mol. The van der Waals surface area contributed by atoms with E-state index in [9.17, 15) is 10.5 Å². The van der Waals surface area contributed by atoms with Crippen LogP contribution in [-0.2, 0) is 0 Å². The van der Waals surface area contributed by atoms with Crippen molar-refractivity contribution >= 4 is 87.2 Å². The van der Waals surface area contributed by atoms with Crippen molar-refractivity contribution in [2.24, 2.45) is 0 Å². The Hall–Kier alpha value is -9.69. The molecule has 7 nitrogen and oxygen atoms in total. The van der Waals surface area contributed by atoms with Gasteiger partial charge < -0.3 is 9.13 Å². The molecule has 5 aromatic heterocycles. The maximum atomic E-state index is 11.5. The number of rotatable bonds is 5. The van der Waals surface area contributed by atoms with Crippen LogP contribution >= 0.6 is 0 Å². The van der Waals surface area contributed by atoms with E-state index in [2.05, 4.69) is 225 Å². The van der Waals surface area contributed by atoms with E-state index in [1.807, 2.05) is 12.1 Å². The lowest BCUT2D eigenvalue weighted by Gasteiger charge is -2.27. The third-order valence-corrected chi connectivity index (χ3v) is 13.9. The highest BCUT2D eigenvalue weighted by Crippen LogP contribution is 2.49. The van der Waals surface area contributed by atoms with Crippen LogP contribution < -0.4 is 0 Å². The summed E-state index contributed by atoms with van der Waals surface area (Å²) < 4.78 is 9.30. The van der Waals surface area contributed by atoms with Crippen LogP contribution in [0.3, 0.4) is 0 Å². The number of fused-ring (bicyclic) bond motifs is 12. The first-order valence-corrected chi connectivity index (χ1v) is 22.7. The van der Waals surface area contributed by atoms with Crippen molar-refractivity contribution in [3.05, 3.63) is 223 Å². The van der Waals surface area contributed by atoms with E-state index in [0.29, 0.717) is 22.8 Å². The molecule has 0 fully saturated rings. The molecule has 314 valence electrons. The number of aromatic nitrogens is 5. The quantitative estimate of drug-likeness (QED) is 0.173. The number of nitriles is 2. The van der Waals surface area contributed by atoms with Gasteiger partial charge in [-0.05, 0) is 54.6 Å². The molecule has 14 rings (SSSR count). The molecule has 0 atom stereocenters. The topological polar surface area (TPSA) is 80.2 Å². The van der Waals surface area contributed by atoms with E-state index in [-0.39, 0.29) is 5.56 Å². The van der Waals surface area contributed by atoms with E-state index in [1.165, 1.54) is 0 Å². The molecular weight excluding hydrogens is 831 g/mol. The Bertz CT molecular complexity index is 4080. The number of nitrogens with zero attached hydrogens (tertiary/aromatic N) is 7. The van der Waals surface area contributed by atoms with Gasteiger partial charge in [-0.15, -0.1) is 0 Å². The molecule has 0 spiro atoms. The molecule has 5 heterocycles. The molecular formula is C61H35N7. The van der Waals surface area contributed by atoms with Gasteiger partial charge in [0.25, 0.3) is 0 Å². The number of hydrogen-bond donors (Lipinski definition) is 0. The summed E-state index contributed by atoms with van der Waals surface area (Å²) in [5, 5.41) is 31.0. The fourth-order valence-electron chi connectivity index (χ4n) is 11.1. The molecule has 7 heteroatoms. The van der Waals surface area contributed by atoms with Crippen LogP contribution in [0.1, 0.15) is 11.1 Å². The van der Waals surface area contributed by atoms with Gasteiger partial charge in [0.15, 0.2) is 11.6 Å². The highest BCUT2D eigenvalue weighted by atomic mass is 15.2. The Balaban J connectivity index is 1.36. The molecule has 0 aliphatic carbocycles. The summed E-state index contributed by atoms with van der Waals surface area (Å²) in [6.07, 6.45) is 0. The second-order valence-corrected chi connectivity index (χ2v) is 17.3. The zero-order valence-electron chi connectivity index (χ0n) is 36.3. The minimum Gasteiger partial charge on any atom is -0.305 e. The van der Waals surface area contributed by atoms with Crippen molar-refractivity contribution in [2.45, 2.75) is 0 Å². The summed E-state index contributed by atoms with van der Waals surface area (Å²) in [5.41, 5.74) is 11.3. The zero-order chi connectivity index (χ0) is 45.0. The Kier molecular flexibility index (Phi) is 7.98. The van der Waals surface area contributed by atoms with E-state index in [4.69, 9.17) is 4.98 Å². The predicted octanol–water partition coefficient (Wildman–Crippen LogP) is 14.9. The van der Waals surface area contributed by atoms with Gasteiger partial charge in [-0.2, -0.15) is 10.5 Å². The van der Waals surface area contributed by atoms with Crippen molar-refractivity contribution in [3.63, 3.8) is 0 Å². The second-order valence-electron chi connectivity index (χ2n) is 17.3. The van der Waals surface area contributed by atoms with Gasteiger partial charge >= 0.3 is 0 Å². The van der Waals surface area contributed by atoms with E-state index >= 15 is 0 Å². The Morgan fingerprint density at radius 2 is 0.574 bits per heavy atom. The van der Waals surface area contributed by atoms with E-state index < -0.39 is 0 Å². The van der Waals surface area contributed by atoms with Crippen LogP contribution in [0, 0.1) is 22.7 Å². The van der Waals surface area contributed by atoms with Crippen molar-refractivity contribution in [1.82, 2.24) is 23.3 Å². The number of pyridine rings is 1. The molecule has 0 bridgehead atoms. The number of hydrogen-bond acceptors (Lipinski definition) is 3. The summed E-state index contributed by atoms with van der Waals surface area (Å²) in [6.45, 7) is 0. The van der Waals surface area contributed by atoms with Crippen LogP contribution in [0.5, 0.6) is 0 Å². The lowest BCUT2D eigenvalue weighted by Crippen LogP contribution is -2.16. The standard InChI is InChI=1S/C61H35N7/c62-36-38-18-17-27-47(48(38)37-63)57-58(65-49-28-9-1-19-39(49)40-20-2-10-29-50(40)65)60(67-53-32-13-5-23-43(53)44-24-6-14-33-54(44)67)64-61(68-55-34-15-7-25-45(55)46-26-8-16-35-56(46)68)59(57)66-51-30-11-3-21-41(51)42-22-4-12-31-52(42)66/h1-35H. The smallest absolute Gasteiger partial charge is 0.165 e. The summed E-state index contributed by atoms with van der Waals surface area (Å²) in [7, 11) is 0. The first-order chi connectivity index (χ1) is 33.7. The van der Waals surface area contributed by atoms with Gasteiger partial charge in [0.2, 0.25) is 0 Å². The summed E-state index contributed by atoms with van der Waals surface area (Å²) in [5.74, 6) is 1.33.